The quantitative estimate of drug-likeness (QED) is 0.634. The third-order valence-corrected chi connectivity index (χ3v) is 1.15. The van der Waals surface area contributed by atoms with Crippen LogP contribution < -0.4 is 0 Å². The molecule has 0 bridgehead atoms. The smallest absolute Gasteiger partial charge is 0.181 e. The van der Waals surface area contributed by atoms with E-state index in [2.05, 4.69) is 19.9 Å². The van der Waals surface area contributed by atoms with E-state index in [1.54, 1.807) is 30.4 Å². The first-order valence-corrected chi connectivity index (χ1v) is 5.28. The molecule has 0 aliphatic rings. The zero-order valence-corrected chi connectivity index (χ0v) is 8.32. The van der Waals surface area contributed by atoms with Crippen LogP contribution in [-0.4, -0.2) is 32.4 Å². The average Bonchev–Trinajstić information content (AvgIpc) is 2.19. The second kappa shape index (κ2) is 5.42. The summed E-state index contributed by atoms with van der Waals surface area (Å²) in [7, 11) is 0. The third kappa shape index (κ3) is 2.95. The number of hydrogen-bond acceptors (Lipinski definition) is 5. The average molecular weight is 194 g/mol. The van der Waals surface area contributed by atoms with E-state index in [-0.39, 0.29) is 0 Å². The van der Waals surface area contributed by atoms with Crippen LogP contribution in [0.15, 0.2) is 24.9 Å². The van der Waals surface area contributed by atoms with E-state index >= 15 is 0 Å². The highest BCUT2D eigenvalue weighted by Gasteiger charge is 1.90. The van der Waals surface area contributed by atoms with Gasteiger partial charge >= 0.3 is 0 Å². The normalized spacial score (nSPS) is 9.08. The van der Waals surface area contributed by atoms with Crippen molar-refractivity contribution in [2.24, 2.45) is 0 Å². The van der Waals surface area contributed by atoms with Gasteiger partial charge in [-0.2, -0.15) is 11.8 Å². The van der Waals surface area contributed by atoms with Gasteiger partial charge < -0.3 is 0 Å². The van der Waals surface area contributed by atoms with E-state index in [4.69, 9.17) is 0 Å². The summed E-state index contributed by atoms with van der Waals surface area (Å²) in [6.45, 7) is 0. The minimum atomic E-state index is 0.637. The van der Waals surface area contributed by atoms with Gasteiger partial charge in [-0.1, -0.05) is 0 Å². The largest absolute Gasteiger partial charge is 0.250 e. The number of rotatable bonds is 0. The van der Waals surface area contributed by atoms with Crippen LogP contribution in [0.4, 0.5) is 0 Å². The third-order valence-electron chi connectivity index (χ3n) is 1.15. The second-order valence-corrected chi connectivity index (χ2v) is 3.01. The Hall–Kier alpha value is -1.23. The van der Waals surface area contributed by atoms with Crippen molar-refractivity contribution < 1.29 is 0 Å². The Kier molecular flexibility index (Phi) is 4.11. The summed E-state index contributed by atoms with van der Waals surface area (Å²) in [5, 5.41) is 0. The first kappa shape index (κ1) is 9.85. The molecule has 0 N–H and O–H groups in total. The van der Waals surface area contributed by atoms with Crippen LogP contribution in [0.2, 0.25) is 0 Å². The molecule has 5 heteroatoms. The number of thioether (sulfide) groups is 1. The molecule has 0 saturated carbocycles. The van der Waals surface area contributed by atoms with Gasteiger partial charge in [0.15, 0.2) is 5.65 Å². The van der Waals surface area contributed by atoms with Gasteiger partial charge in [0.2, 0.25) is 0 Å². The van der Waals surface area contributed by atoms with Crippen LogP contribution in [0.5, 0.6) is 0 Å². The molecule has 2 aromatic heterocycles. The summed E-state index contributed by atoms with van der Waals surface area (Å²) >= 11 is 1.75. The number of fused-ring (bicyclic) bond motifs is 1. The van der Waals surface area contributed by atoms with Crippen molar-refractivity contribution in [3.63, 3.8) is 0 Å². The lowest BCUT2D eigenvalue weighted by molar-refractivity contribution is 1.15. The van der Waals surface area contributed by atoms with E-state index in [0.29, 0.717) is 5.65 Å². The van der Waals surface area contributed by atoms with Crippen molar-refractivity contribution in [1.29, 1.82) is 0 Å². The summed E-state index contributed by atoms with van der Waals surface area (Å²) in [6, 6.07) is 0. The zero-order chi connectivity index (χ0) is 9.52. The summed E-state index contributed by atoms with van der Waals surface area (Å²) < 4.78 is 0. The molecule has 2 rings (SSSR count). The summed E-state index contributed by atoms with van der Waals surface area (Å²) in [5.74, 6) is 0. The molecule has 68 valence electrons. The van der Waals surface area contributed by atoms with Gasteiger partial charge in [0, 0.05) is 12.4 Å². The molecule has 0 unspecified atom stereocenters. The monoisotopic (exact) mass is 194 g/mol. The molecule has 0 aromatic carbocycles. The van der Waals surface area contributed by atoms with E-state index < -0.39 is 0 Å². The minimum Gasteiger partial charge on any atom is -0.250 e. The van der Waals surface area contributed by atoms with Crippen LogP contribution in [0.25, 0.3) is 11.2 Å². The molecule has 0 saturated heterocycles. The van der Waals surface area contributed by atoms with Crippen LogP contribution in [0.3, 0.4) is 0 Å². The van der Waals surface area contributed by atoms with E-state index in [9.17, 15) is 0 Å². The maximum absolute atomic E-state index is 3.99. The van der Waals surface area contributed by atoms with Gasteiger partial charge in [0.25, 0.3) is 0 Å². The first-order valence-electron chi connectivity index (χ1n) is 3.65. The van der Waals surface area contributed by atoms with Crippen molar-refractivity contribution >= 4 is 22.9 Å². The summed E-state index contributed by atoms with van der Waals surface area (Å²) in [6.07, 6.45) is 10.4. The molecule has 0 aliphatic heterocycles. The van der Waals surface area contributed by atoms with Gasteiger partial charge in [0.1, 0.15) is 11.8 Å². The molecule has 0 atom stereocenters. The van der Waals surface area contributed by atoms with Crippen LogP contribution in [-0.2, 0) is 0 Å². The fourth-order valence-corrected chi connectivity index (χ4v) is 0.724. The van der Waals surface area contributed by atoms with Crippen molar-refractivity contribution in [1.82, 2.24) is 19.9 Å². The predicted molar refractivity (Wildman–Crippen MR) is 54.6 cm³/mol. The lowest BCUT2D eigenvalue weighted by Gasteiger charge is -1.89. The lowest BCUT2D eigenvalue weighted by atomic mass is 10.5. The maximum Gasteiger partial charge on any atom is 0.181 e. The zero-order valence-electron chi connectivity index (χ0n) is 7.51. The minimum absolute atomic E-state index is 0.637. The van der Waals surface area contributed by atoms with E-state index in [1.165, 1.54) is 6.33 Å². The van der Waals surface area contributed by atoms with Gasteiger partial charge in [-0.15, -0.1) is 0 Å². The number of aromatic nitrogens is 4. The van der Waals surface area contributed by atoms with Gasteiger partial charge in [-0.05, 0) is 12.5 Å². The first-order chi connectivity index (χ1) is 6.38. The van der Waals surface area contributed by atoms with Crippen LogP contribution in [0, 0.1) is 0 Å². The summed E-state index contributed by atoms with van der Waals surface area (Å²) in [5.41, 5.74) is 1.36. The highest BCUT2D eigenvalue weighted by atomic mass is 32.2. The Labute approximate surface area is 80.9 Å². The molecular formula is C8H10N4S. The van der Waals surface area contributed by atoms with E-state index in [1.807, 2.05) is 12.5 Å². The fourth-order valence-electron chi connectivity index (χ4n) is 0.724. The Morgan fingerprint density at radius 3 is 2.46 bits per heavy atom. The molecule has 0 amide bonds. The Balaban J connectivity index is 0.000000251. The molecule has 2 aromatic rings. The van der Waals surface area contributed by atoms with Crippen molar-refractivity contribution in [3.8, 4) is 0 Å². The molecule has 0 aliphatic carbocycles. The standard InChI is InChI=1S/C6H4N4.C2H6S/c1-2-9-6-5(8-1)3-7-4-10-6;1-3-2/h1-4H;1-2H3. The maximum atomic E-state index is 3.99. The number of nitrogens with zero attached hydrogens (tertiary/aromatic N) is 4. The lowest BCUT2D eigenvalue weighted by Crippen LogP contribution is -1.85. The fraction of sp³-hybridized carbons (Fsp3) is 0.250. The highest BCUT2D eigenvalue weighted by molar-refractivity contribution is 7.97. The van der Waals surface area contributed by atoms with Crippen molar-refractivity contribution in [2.75, 3.05) is 12.5 Å². The Morgan fingerprint density at radius 1 is 1.08 bits per heavy atom. The van der Waals surface area contributed by atoms with Gasteiger partial charge in [-0.3, -0.25) is 0 Å². The molecule has 0 fully saturated rings. The van der Waals surface area contributed by atoms with Crippen LogP contribution in [0.1, 0.15) is 0 Å². The second-order valence-electron chi connectivity index (χ2n) is 2.20. The Morgan fingerprint density at radius 2 is 1.77 bits per heavy atom. The molecule has 13 heavy (non-hydrogen) atoms. The Bertz CT molecular complexity index is 300. The molecular weight excluding hydrogens is 184 g/mol. The molecule has 2 heterocycles. The molecule has 0 spiro atoms. The van der Waals surface area contributed by atoms with E-state index in [0.717, 1.165) is 5.52 Å². The molecule has 4 nitrogen and oxygen atoms in total. The van der Waals surface area contributed by atoms with Gasteiger partial charge in [0.05, 0.1) is 6.20 Å². The van der Waals surface area contributed by atoms with Crippen molar-refractivity contribution in [2.45, 2.75) is 0 Å². The van der Waals surface area contributed by atoms with Gasteiger partial charge in [-0.25, -0.2) is 19.9 Å². The molecule has 0 radical (unpaired) electrons. The van der Waals surface area contributed by atoms with Crippen molar-refractivity contribution in [3.05, 3.63) is 24.9 Å². The predicted octanol–water partition coefficient (Wildman–Crippen LogP) is 1.40. The van der Waals surface area contributed by atoms with Crippen LogP contribution >= 0.6 is 11.8 Å². The highest BCUT2D eigenvalue weighted by Crippen LogP contribution is 1.98. The summed E-state index contributed by atoms with van der Waals surface area (Å²) in [4.78, 5) is 15.7. The topological polar surface area (TPSA) is 51.6 Å². The number of hydrogen-bond donors (Lipinski definition) is 0. The SMILES string of the molecule is CSC.c1cnc2ncncc2n1.